The van der Waals surface area contributed by atoms with E-state index >= 15 is 0 Å². The molecule has 0 saturated heterocycles. The monoisotopic (exact) mass is 488 g/mol. The highest BCUT2D eigenvalue weighted by molar-refractivity contribution is 8.76. The average Bonchev–Trinajstić information content (AvgIpc) is 2.84. The molecular weight excluding hydrogens is 468 g/mol. The van der Waals surface area contributed by atoms with Gasteiger partial charge in [0.25, 0.3) is 11.4 Å². The van der Waals surface area contributed by atoms with Gasteiger partial charge in [-0.25, -0.2) is 0 Å². The molecular formula is C26H20N2O4S2. The largest absolute Gasteiger partial charge is 0.269 e. The minimum absolute atomic E-state index is 0.0747. The van der Waals surface area contributed by atoms with Gasteiger partial charge in [-0.3, -0.25) is 20.2 Å². The van der Waals surface area contributed by atoms with Gasteiger partial charge in [-0.1, -0.05) is 33.7 Å². The van der Waals surface area contributed by atoms with Crippen molar-refractivity contribution in [3.8, 4) is 22.3 Å². The third-order valence-corrected chi connectivity index (χ3v) is 7.81. The van der Waals surface area contributed by atoms with Gasteiger partial charge < -0.3 is 0 Å². The highest BCUT2D eigenvalue weighted by Gasteiger charge is 2.11. The molecule has 0 N–H and O–H groups in total. The van der Waals surface area contributed by atoms with E-state index in [1.807, 2.05) is 13.8 Å². The van der Waals surface area contributed by atoms with E-state index in [-0.39, 0.29) is 11.4 Å². The fourth-order valence-electron chi connectivity index (χ4n) is 3.55. The molecule has 34 heavy (non-hydrogen) atoms. The first-order valence-corrected chi connectivity index (χ1v) is 12.5. The van der Waals surface area contributed by atoms with Crippen LogP contribution in [0.4, 0.5) is 11.4 Å². The molecule has 0 aliphatic carbocycles. The van der Waals surface area contributed by atoms with Crippen molar-refractivity contribution < 1.29 is 9.85 Å². The predicted molar refractivity (Wildman–Crippen MR) is 138 cm³/mol. The second-order valence-electron chi connectivity index (χ2n) is 7.73. The van der Waals surface area contributed by atoms with E-state index in [1.165, 1.54) is 24.3 Å². The Bertz CT molecular complexity index is 1260. The first-order valence-electron chi connectivity index (χ1n) is 10.4. The third kappa shape index (κ3) is 5.30. The van der Waals surface area contributed by atoms with Crippen LogP contribution in [0, 0.1) is 34.1 Å². The summed E-state index contributed by atoms with van der Waals surface area (Å²) in [5.74, 6) is 0. The van der Waals surface area contributed by atoms with E-state index in [1.54, 1.807) is 45.9 Å². The Labute approximate surface area is 204 Å². The summed E-state index contributed by atoms with van der Waals surface area (Å²) in [7, 11) is 3.27. The van der Waals surface area contributed by atoms with Crippen LogP contribution < -0.4 is 0 Å². The quantitative estimate of drug-likeness (QED) is 0.148. The first kappa shape index (κ1) is 23.5. The van der Waals surface area contributed by atoms with Gasteiger partial charge in [-0.15, -0.1) is 0 Å². The summed E-state index contributed by atoms with van der Waals surface area (Å²) in [6, 6.07) is 25.6. The molecule has 0 saturated carbocycles. The smallest absolute Gasteiger partial charge is 0.258 e. The van der Waals surface area contributed by atoms with Crippen molar-refractivity contribution in [3.63, 3.8) is 0 Å². The summed E-state index contributed by atoms with van der Waals surface area (Å²) in [6.45, 7) is 4.05. The maximum Gasteiger partial charge on any atom is 0.269 e. The maximum absolute atomic E-state index is 10.9. The Kier molecular flexibility index (Phi) is 7.00. The Balaban J connectivity index is 1.53. The molecule has 0 fully saturated rings. The average molecular weight is 489 g/mol. The maximum atomic E-state index is 10.9. The fourth-order valence-corrected chi connectivity index (χ4v) is 5.52. The molecule has 0 amide bonds. The van der Waals surface area contributed by atoms with Crippen molar-refractivity contribution in [2.75, 3.05) is 0 Å². The van der Waals surface area contributed by atoms with Crippen LogP contribution in [0.1, 0.15) is 11.1 Å². The van der Waals surface area contributed by atoms with E-state index in [0.29, 0.717) is 0 Å². The van der Waals surface area contributed by atoms with Crippen LogP contribution in [0.25, 0.3) is 22.3 Å². The Morgan fingerprint density at radius 1 is 0.559 bits per heavy atom. The molecule has 6 nitrogen and oxygen atoms in total. The van der Waals surface area contributed by atoms with E-state index < -0.39 is 9.85 Å². The summed E-state index contributed by atoms with van der Waals surface area (Å²) in [4.78, 5) is 23.2. The zero-order valence-electron chi connectivity index (χ0n) is 18.4. The highest BCUT2D eigenvalue weighted by Crippen LogP contribution is 2.41. The molecule has 4 aromatic carbocycles. The lowest BCUT2D eigenvalue weighted by Gasteiger charge is -2.11. The minimum atomic E-state index is -0.397. The number of hydrogen-bond acceptors (Lipinski definition) is 6. The van der Waals surface area contributed by atoms with Crippen LogP contribution in [0.2, 0.25) is 0 Å². The normalized spacial score (nSPS) is 10.8. The number of nitro benzene ring substituents is 2. The molecule has 4 rings (SSSR count). The molecule has 0 atom stereocenters. The van der Waals surface area contributed by atoms with Crippen LogP contribution in [-0.4, -0.2) is 9.85 Å². The van der Waals surface area contributed by atoms with E-state index in [2.05, 4.69) is 36.4 Å². The fraction of sp³-hybridized carbons (Fsp3) is 0.0769. The number of aryl methyl sites for hydroxylation is 2. The Morgan fingerprint density at radius 2 is 0.912 bits per heavy atom. The van der Waals surface area contributed by atoms with Crippen molar-refractivity contribution in [2.24, 2.45) is 0 Å². The lowest BCUT2D eigenvalue weighted by Crippen LogP contribution is -1.89. The van der Waals surface area contributed by atoms with Gasteiger partial charge in [-0.05, 0) is 95.8 Å². The highest BCUT2D eigenvalue weighted by atomic mass is 33.1. The predicted octanol–water partition coefficient (Wildman–Crippen LogP) is 8.25. The summed E-state index contributed by atoms with van der Waals surface area (Å²) in [5.41, 5.74) is 6.29. The number of non-ortho nitro benzene ring substituents is 2. The second kappa shape index (κ2) is 10.1. The topological polar surface area (TPSA) is 86.3 Å². The van der Waals surface area contributed by atoms with Crippen molar-refractivity contribution in [2.45, 2.75) is 23.6 Å². The lowest BCUT2D eigenvalue weighted by atomic mass is 10.0. The molecule has 4 aromatic rings. The zero-order valence-corrected chi connectivity index (χ0v) is 20.1. The zero-order chi connectivity index (χ0) is 24.2. The number of benzene rings is 4. The Morgan fingerprint density at radius 3 is 1.24 bits per heavy atom. The van der Waals surface area contributed by atoms with E-state index in [4.69, 9.17) is 0 Å². The van der Waals surface area contributed by atoms with Crippen LogP contribution >= 0.6 is 21.6 Å². The van der Waals surface area contributed by atoms with Crippen molar-refractivity contribution >= 4 is 33.0 Å². The first-order chi connectivity index (χ1) is 16.3. The molecule has 0 aromatic heterocycles. The van der Waals surface area contributed by atoms with Crippen LogP contribution in [0.3, 0.4) is 0 Å². The van der Waals surface area contributed by atoms with E-state index in [9.17, 15) is 20.2 Å². The molecule has 0 unspecified atom stereocenters. The van der Waals surface area contributed by atoms with Gasteiger partial charge in [-0.2, -0.15) is 0 Å². The molecule has 0 spiro atoms. The number of nitro groups is 2. The van der Waals surface area contributed by atoms with Gasteiger partial charge in [0.1, 0.15) is 0 Å². The van der Waals surface area contributed by atoms with Crippen LogP contribution in [0.5, 0.6) is 0 Å². The van der Waals surface area contributed by atoms with Gasteiger partial charge in [0.2, 0.25) is 0 Å². The van der Waals surface area contributed by atoms with Crippen molar-refractivity contribution in [3.05, 3.63) is 116 Å². The number of rotatable bonds is 7. The number of nitrogens with zero attached hydrogens (tertiary/aromatic N) is 2. The summed E-state index contributed by atoms with van der Waals surface area (Å²) in [5, 5.41) is 21.9. The summed E-state index contributed by atoms with van der Waals surface area (Å²) >= 11 is 0. The second-order valence-corrected chi connectivity index (χ2v) is 10.0. The molecule has 0 radical (unpaired) electrons. The third-order valence-electron chi connectivity index (χ3n) is 5.43. The lowest BCUT2D eigenvalue weighted by molar-refractivity contribution is -0.385. The van der Waals surface area contributed by atoms with Gasteiger partial charge in [0, 0.05) is 34.1 Å². The standard InChI is InChI=1S/C26H20N2O4S2/c1-17-3-13-23(15-25(17)19-5-9-21(10-6-19)27(29)30)33-34-24-14-4-18(2)26(16-24)20-7-11-22(12-8-20)28(31)32/h3-16H,1-2H3. The van der Waals surface area contributed by atoms with Crippen molar-refractivity contribution in [1.29, 1.82) is 0 Å². The van der Waals surface area contributed by atoms with Gasteiger partial charge >= 0.3 is 0 Å². The summed E-state index contributed by atoms with van der Waals surface area (Å²) < 4.78 is 0. The van der Waals surface area contributed by atoms with Gasteiger partial charge in [0.15, 0.2) is 0 Å². The summed E-state index contributed by atoms with van der Waals surface area (Å²) in [6.07, 6.45) is 0. The Hall–Kier alpha value is -3.62. The molecule has 0 bridgehead atoms. The van der Waals surface area contributed by atoms with Gasteiger partial charge in [0.05, 0.1) is 9.85 Å². The van der Waals surface area contributed by atoms with E-state index in [0.717, 1.165) is 43.2 Å². The molecule has 0 aliphatic rings. The molecule has 170 valence electrons. The molecule has 0 heterocycles. The van der Waals surface area contributed by atoms with Crippen LogP contribution in [0.15, 0.2) is 94.7 Å². The van der Waals surface area contributed by atoms with Crippen molar-refractivity contribution in [1.82, 2.24) is 0 Å². The van der Waals surface area contributed by atoms with Crippen LogP contribution in [-0.2, 0) is 0 Å². The SMILES string of the molecule is Cc1ccc(SSc2ccc(C)c(-c3ccc([N+](=O)[O-])cc3)c2)cc1-c1ccc([N+](=O)[O-])cc1. The minimum Gasteiger partial charge on any atom is -0.258 e. The molecule has 0 aliphatic heterocycles. The number of hydrogen-bond donors (Lipinski definition) is 0. The molecule has 8 heteroatoms.